The van der Waals surface area contributed by atoms with E-state index in [0.29, 0.717) is 5.92 Å². The van der Waals surface area contributed by atoms with Crippen LogP contribution in [-0.2, 0) is 11.2 Å². The Morgan fingerprint density at radius 3 is 2.94 bits per heavy atom. The van der Waals surface area contributed by atoms with Crippen LogP contribution in [0.5, 0.6) is 0 Å². The maximum absolute atomic E-state index is 5.35. The molecule has 1 fully saturated rings. The second-order valence-corrected chi connectivity index (χ2v) is 4.36. The molecular formula is C13H15N3O. The van der Waals surface area contributed by atoms with Crippen molar-refractivity contribution in [3.8, 4) is 0 Å². The Bertz CT molecular complexity index is 474. The molecule has 0 spiro atoms. The highest BCUT2D eigenvalue weighted by atomic mass is 16.5. The van der Waals surface area contributed by atoms with Gasteiger partial charge in [-0.1, -0.05) is 30.3 Å². The second kappa shape index (κ2) is 4.67. The summed E-state index contributed by atoms with van der Waals surface area (Å²) in [4.78, 5) is 4.54. The molecule has 2 heterocycles. The Hall–Kier alpha value is -1.68. The number of hydrogen-bond donors (Lipinski definition) is 1. The van der Waals surface area contributed by atoms with E-state index in [1.807, 2.05) is 18.2 Å². The van der Waals surface area contributed by atoms with Crippen LogP contribution in [0.15, 0.2) is 30.3 Å². The summed E-state index contributed by atoms with van der Waals surface area (Å²) >= 11 is 0. The highest BCUT2D eigenvalue weighted by Crippen LogP contribution is 2.22. The molecule has 1 unspecified atom stereocenters. The third-order valence-corrected chi connectivity index (χ3v) is 3.06. The quantitative estimate of drug-likeness (QED) is 0.874. The van der Waals surface area contributed by atoms with Crippen LogP contribution in [0.4, 0.5) is 0 Å². The van der Waals surface area contributed by atoms with Gasteiger partial charge in [-0.05, 0) is 12.0 Å². The molecule has 0 radical (unpaired) electrons. The Kier molecular flexibility index (Phi) is 2.88. The Balaban J connectivity index is 1.72. The summed E-state index contributed by atoms with van der Waals surface area (Å²) in [5.74, 6) is 2.20. The lowest BCUT2D eigenvalue weighted by Crippen LogP contribution is -2.00. The number of rotatable bonds is 3. The number of ether oxygens (including phenoxy) is 1. The number of hydrogen-bond acceptors (Lipinski definition) is 3. The van der Waals surface area contributed by atoms with E-state index in [1.165, 1.54) is 5.56 Å². The largest absolute Gasteiger partial charge is 0.381 e. The van der Waals surface area contributed by atoms with Gasteiger partial charge in [0.25, 0.3) is 0 Å². The first-order valence-electron chi connectivity index (χ1n) is 5.94. The van der Waals surface area contributed by atoms with E-state index in [9.17, 15) is 0 Å². The van der Waals surface area contributed by atoms with Gasteiger partial charge in [-0.15, -0.1) is 0 Å². The predicted molar refractivity (Wildman–Crippen MR) is 63.8 cm³/mol. The van der Waals surface area contributed by atoms with Crippen molar-refractivity contribution in [2.45, 2.75) is 18.8 Å². The van der Waals surface area contributed by atoms with Gasteiger partial charge >= 0.3 is 0 Å². The van der Waals surface area contributed by atoms with Crippen LogP contribution >= 0.6 is 0 Å². The lowest BCUT2D eigenvalue weighted by molar-refractivity contribution is 0.193. The van der Waals surface area contributed by atoms with Crippen molar-refractivity contribution >= 4 is 0 Å². The SMILES string of the molecule is c1ccc(Cc2nc(C3CCOC3)n[nH]2)cc1. The molecule has 0 aliphatic carbocycles. The molecule has 1 aromatic carbocycles. The van der Waals surface area contributed by atoms with Gasteiger partial charge < -0.3 is 4.74 Å². The zero-order chi connectivity index (χ0) is 11.5. The summed E-state index contributed by atoms with van der Waals surface area (Å²) in [5, 5.41) is 7.29. The molecule has 17 heavy (non-hydrogen) atoms. The Morgan fingerprint density at radius 1 is 1.29 bits per heavy atom. The average molecular weight is 229 g/mol. The highest BCUT2D eigenvalue weighted by Gasteiger charge is 2.21. The van der Waals surface area contributed by atoms with Crippen LogP contribution in [0.2, 0.25) is 0 Å². The van der Waals surface area contributed by atoms with E-state index in [4.69, 9.17) is 4.74 Å². The third-order valence-electron chi connectivity index (χ3n) is 3.06. The van der Waals surface area contributed by atoms with E-state index < -0.39 is 0 Å². The fraction of sp³-hybridized carbons (Fsp3) is 0.385. The van der Waals surface area contributed by atoms with Crippen LogP contribution in [0.1, 0.15) is 29.6 Å². The summed E-state index contributed by atoms with van der Waals surface area (Å²) in [6, 6.07) is 10.3. The van der Waals surface area contributed by atoms with E-state index in [0.717, 1.165) is 37.7 Å². The maximum atomic E-state index is 5.35. The molecule has 1 atom stereocenters. The molecule has 1 aliphatic heterocycles. The summed E-state index contributed by atoms with van der Waals surface area (Å²) in [7, 11) is 0. The van der Waals surface area contributed by atoms with Gasteiger partial charge in [-0.25, -0.2) is 4.98 Å². The first kappa shape index (κ1) is 10.5. The Morgan fingerprint density at radius 2 is 2.18 bits per heavy atom. The molecule has 1 saturated heterocycles. The van der Waals surface area contributed by atoms with Crippen LogP contribution in [0.3, 0.4) is 0 Å². The lowest BCUT2D eigenvalue weighted by atomic mass is 10.1. The summed E-state index contributed by atoms with van der Waals surface area (Å²) in [6.45, 7) is 1.58. The summed E-state index contributed by atoms with van der Waals surface area (Å²) in [5.41, 5.74) is 1.25. The second-order valence-electron chi connectivity index (χ2n) is 4.36. The number of H-pyrrole nitrogens is 1. The standard InChI is InChI=1S/C13H15N3O/c1-2-4-10(5-3-1)8-12-14-13(16-15-12)11-6-7-17-9-11/h1-5,11H,6-9H2,(H,14,15,16). The van der Waals surface area contributed by atoms with E-state index in [1.54, 1.807) is 0 Å². The monoisotopic (exact) mass is 229 g/mol. The topological polar surface area (TPSA) is 50.8 Å². The number of aromatic nitrogens is 3. The van der Waals surface area contributed by atoms with Crippen molar-refractivity contribution < 1.29 is 4.74 Å². The van der Waals surface area contributed by atoms with E-state index >= 15 is 0 Å². The van der Waals surface area contributed by atoms with Gasteiger partial charge in [0.2, 0.25) is 0 Å². The Labute approximate surface area is 100 Å². The van der Waals surface area contributed by atoms with Crippen LogP contribution in [0.25, 0.3) is 0 Å². The van der Waals surface area contributed by atoms with Gasteiger partial charge in [0, 0.05) is 18.9 Å². The smallest absolute Gasteiger partial charge is 0.156 e. The van der Waals surface area contributed by atoms with Crippen molar-refractivity contribution in [3.05, 3.63) is 47.5 Å². The highest BCUT2D eigenvalue weighted by molar-refractivity contribution is 5.18. The van der Waals surface area contributed by atoms with Crippen LogP contribution in [-0.4, -0.2) is 28.4 Å². The minimum absolute atomic E-state index is 0.371. The molecule has 0 amide bonds. The molecule has 1 aromatic heterocycles. The maximum Gasteiger partial charge on any atom is 0.156 e. The molecule has 1 aliphatic rings. The van der Waals surface area contributed by atoms with Crippen molar-refractivity contribution in [3.63, 3.8) is 0 Å². The molecule has 1 N–H and O–H groups in total. The first-order valence-corrected chi connectivity index (χ1v) is 5.94. The summed E-state index contributed by atoms with van der Waals surface area (Å²) < 4.78 is 5.35. The zero-order valence-electron chi connectivity index (χ0n) is 9.60. The molecule has 3 rings (SSSR count). The van der Waals surface area contributed by atoms with Gasteiger partial charge in [0.1, 0.15) is 5.82 Å². The first-order chi connectivity index (χ1) is 8.42. The molecule has 4 heteroatoms. The minimum Gasteiger partial charge on any atom is -0.381 e. The average Bonchev–Trinajstić information content (AvgIpc) is 3.00. The van der Waals surface area contributed by atoms with E-state index in [-0.39, 0.29) is 0 Å². The normalized spacial score (nSPS) is 19.6. The van der Waals surface area contributed by atoms with Crippen LogP contribution < -0.4 is 0 Å². The molecule has 0 bridgehead atoms. The van der Waals surface area contributed by atoms with Crippen molar-refractivity contribution in [1.29, 1.82) is 0 Å². The number of nitrogens with one attached hydrogen (secondary N) is 1. The third kappa shape index (κ3) is 2.36. The molecule has 88 valence electrons. The molecular weight excluding hydrogens is 214 g/mol. The van der Waals surface area contributed by atoms with E-state index in [2.05, 4.69) is 27.3 Å². The van der Waals surface area contributed by atoms with Gasteiger partial charge in [0.15, 0.2) is 5.82 Å². The lowest BCUT2D eigenvalue weighted by Gasteiger charge is -1.99. The molecule has 2 aromatic rings. The minimum atomic E-state index is 0.371. The number of aromatic amines is 1. The van der Waals surface area contributed by atoms with Crippen molar-refractivity contribution in [1.82, 2.24) is 15.2 Å². The fourth-order valence-electron chi connectivity index (χ4n) is 2.10. The number of benzene rings is 1. The van der Waals surface area contributed by atoms with Crippen LogP contribution in [0, 0.1) is 0 Å². The van der Waals surface area contributed by atoms with Gasteiger partial charge in [0.05, 0.1) is 6.61 Å². The predicted octanol–water partition coefficient (Wildman–Crippen LogP) is 1.90. The molecule has 0 saturated carbocycles. The fourth-order valence-corrected chi connectivity index (χ4v) is 2.10. The number of nitrogens with zero attached hydrogens (tertiary/aromatic N) is 2. The van der Waals surface area contributed by atoms with Gasteiger partial charge in [-0.2, -0.15) is 5.10 Å². The zero-order valence-corrected chi connectivity index (χ0v) is 9.60. The van der Waals surface area contributed by atoms with Gasteiger partial charge in [-0.3, -0.25) is 5.10 Å². The van der Waals surface area contributed by atoms with Crippen molar-refractivity contribution in [2.75, 3.05) is 13.2 Å². The summed E-state index contributed by atoms with van der Waals surface area (Å²) in [6.07, 6.45) is 1.84. The van der Waals surface area contributed by atoms with Crippen molar-refractivity contribution in [2.24, 2.45) is 0 Å². The molecule has 4 nitrogen and oxygen atoms in total.